The second-order valence-electron chi connectivity index (χ2n) is 5.06. The zero-order chi connectivity index (χ0) is 16.8. The lowest BCUT2D eigenvalue weighted by Gasteiger charge is -2.10. The maximum absolute atomic E-state index is 12.2. The zero-order valence-corrected chi connectivity index (χ0v) is 15.1. The number of amides is 1. The van der Waals surface area contributed by atoms with Crippen molar-refractivity contribution in [3.63, 3.8) is 0 Å². The van der Waals surface area contributed by atoms with Crippen LogP contribution in [0.4, 0.5) is 0 Å². The fraction of sp³-hybridized carbons (Fsp3) is 0.250. The van der Waals surface area contributed by atoms with Gasteiger partial charge in [-0.15, -0.1) is 11.3 Å². The molecule has 0 bridgehead atoms. The molecular weight excluding hydrogens is 327 g/mol. The topological polar surface area (TPSA) is 62.2 Å². The molecule has 1 aromatic heterocycles. The molecule has 0 radical (unpaired) electrons. The van der Waals surface area contributed by atoms with Gasteiger partial charge in [-0.05, 0) is 42.2 Å². The van der Waals surface area contributed by atoms with Crippen molar-refractivity contribution in [1.29, 1.82) is 5.41 Å². The summed E-state index contributed by atoms with van der Waals surface area (Å²) in [6.07, 6.45) is 3.35. The first-order valence-electron chi connectivity index (χ1n) is 7.19. The second-order valence-corrected chi connectivity index (χ2v) is 6.88. The Balaban J connectivity index is 2.11. The molecule has 0 aliphatic rings. The lowest BCUT2D eigenvalue weighted by Crippen LogP contribution is -2.27. The van der Waals surface area contributed by atoms with Gasteiger partial charge in [-0.1, -0.05) is 29.4 Å². The number of methoxy groups -OCH3 is 1. The summed E-state index contributed by atoms with van der Waals surface area (Å²) in [7, 11) is 3.73. The Morgan fingerprint density at radius 1 is 1.39 bits per heavy atom. The van der Waals surface area contributed by atoms with Gasteiger partial charge in [0.15, 0.2) is 5.17 Å². The van der Waals surface area contributed by atoms with Crippen LogP contribution in [0.5, 0.6) is 5.75 Å². The molecule has 120 valence electrons. The minimum absolute atomic E-state index is 0.160. The Morgan fingerprint density at radius 2 is 2.17 bits per heavy atom. The number of rotatable bonds is 5. The number of carbonyl (C=O) groups is 1. The van der Waals surface area contributed by atoms with E-state index in [2.05, 4.69) is 19.2 Å². The predicted octanol–water partition coefficient (Wildman–Crippen LogP) is 1.83. The van der Waals surface area contributed by atoms with Gasteiger partial charge >= 0.3 is 0 Å². The van der Waals surface area contributed by atoms with E-state index in [0.717, 1.165) is 29.0 Å². The summed E-state index contributed by atoms with van der Waals surface area (Å²) in [4.78, 5) is 13.2. The first-order chi connectivity index (χ1) is 11.0. The SMILES string of the molecule is Bc1ccc(OC)c(CCc2sccc2C(=O)NC(=N)SC)c1. The van der Waals surface area contributed by atoms with Gasteiger partial charge < -0.3 is 10.1 Å². The van der Waals surface area contributed by atoms with Gasteiger partial charge in [0.05, 0.1) is 12.7 Å². The van der Waals surface area contributed by atoms with Crippen molar-refractivity contribution in [2.45, 2.75) is 12.8 Å². The van der Waals surface area contributed by atoms with Crippen LogP contribution in [0.25, 0.3) is 0 Å². The molecule has 1 amide bonds. The Morgan fingerprint density at radius 3 is 2.87 bits per heavy atom. The highest BCUT2D eigenvalue weighted by molar-refractivity contribution is 8.13. The minimum Gasteiger partial charge on any atom is -0.496 e. The number of carbonyl (C=O) groups excluding carboxylic acids is 1. The Bertz CT molecular complexity index is 716. The van der Waals surface area contributed by atoms with Crippen LogP contribution in [0, 0.1) is 5.41 Å². The number of thiophene rings is 1. The first kappa shape index (κ1) is 17.6. The number of hydrogen-bond donors (Lipinski definition) is 2. The third-order valence-corrected chi connectivity index (χ3v) is 4.97. The molecule has 1 aromatic carbocycles. The molecule has 23 heavy (non-hydrogen) atoms. The quantitative estimate of drug-likeness (QED) is 0.493. The van der Waals surface area contributed by atoms with Crippen molar-refractivity contribution in [1.82, 2.24) is 5.32 Å². The molecule has 2 aromatic rings. The summed E-state index contributed by atoms with van der Waals surface area (Å²) >= 11 is 2.78. The van der Waals surface area contributed by atoms with E-state index in [9.17, 15) is 4.79 Å². The van der Waals surface area contributed by atoms with E-state index < -0.39 is 0 Å². The highest BCUT2D eigenvalue weighted by atomic mass is 32.2. The molecule has 2 N–H and O–H groups in total. The van der Waals surface area contributed by atoms with Crippen molar-refractivity contribution in [2.24, 2.45) is 0 Å². The Hall–Kier alpha value is -1.73. The summed E-state index contributed by atoms with van der Waals surface area (Å²) in [5.74, 6) is 0.666. The Labute approximate surface area is 145 Å². The third-order valence-electron chi connectivity index (χ3n) is 3.48. The molecule has 1 heterocycles. The zero-order valence-electron chi connectivity index (χ0n) is 13.4. The molecule has 4 nitrogen and oxygen atoms in total. The van der Waals surface area contributed by atoms with Crippen LogP contribution in [0.2, 0.25) is 0 Å². The fourth-order valence-electron chi connectivity index (χ4n) is 2.31. The maximum Gasteiger partial charge on any atom is 0.258 e. The lowest BCUT2D eigenvalue weighted by molar-refractivity contribution is 0.0977. The largest absolute Gasteiger partial charge is 0.496 e. The van der Waals surface area contributed by atoms with Crippen molar-refractivity contribution in [2.75, 3.05) is 13.4 Å². The van der Waals surface area contributed by atoms with Crippen LogP contribution < -0.4 is 15.5 Å². The highest BCUT2D eigenvalue weighted by Crippen LogP contribution is 2.23. The van der Waals surface area contributed by atoms with Gasteiger partial charge in [0, 0.05) is 4.88 Å². The van der Waals surface area contributed by atoms with Gasteiger partial charge in [-0.3, -0.25) is 10.2 Å². The predicted molar refractivity (Wildman–Crippen MR) is 102 cm³/mol. The van der Waals surface area contributed by atoms with E-state index in [-0.39, 0.29) is 11.1 Å². The molecule has 0 saturated heterocycles. The van der Waals surface area contributed by atoms with E-state index in [1.807, 2.05) is 23.6 Å². The third kappa shape index (κ3) is 4.62. The molecule has 0 saturated carbocycles. The molecule has 0 spiro atoms. The van der Waals surface area contributed by atoms with E-state index in [1.165, 1.54) is 17.2 Å². The van der Waals surface area contributed by atoms with Gasteiger partial charge in [0.1, 0.15) is 13.6 Å². The summed E-state index contributed by atoms with van der Waals surface area (Å²) < 4.78 is 5.41. The summed E-state index contributed by atoms with van der Waals surface area (Å²) in [5, 5.41) is 12.2. The second kappa shape index (κ2) is 8.22. The van der Waals surface area contributed by atoms with Crippen molar-refractivity contribution < 1.29 is 9.53 Å². The highest BCUT2D eigenvalue weighted by Gasteiger charge is 2.14. The molecule has 0 unspecified atom stereocenters. The van der Waals surface area contributed by atoms with E-state index in [1.54, 1.807) is 24.7 Å². The number of benzene rings is 1. The number of amidine groups is 1. The van der Waals surface area contributed by atoms with Gasteiger partial charge in [-0.2, -0.15) is 0 Å². The van der Waals surface area contributed by atoms with Crippen LogP contribution >= 0.6 is 23.1 Å². The lowest BCUT2D eigenvalue weighted by atomic mass is 9.92. The number of ether oxygens (including phenoxy) is 1. The van der Waals surface area contributed by atoms with E-state index >= 15 is 0 Å². The van der Waals surface area contributed by atoms with Crippen molar-refractivity contribution in [3.8, 4) is 5.75 Å². The monoisotopic (exact) mass is 346 g/mol. The average molecular weight is 346 g/mol. The number of thioether (sulfide) groups is 1. The smallest absolute Gasteiger partial charge is 0.258 e. The number of nitrogens with one attached hydrogen (secondary N) is 2. The van der Waals surface area contributed by atoms with Crippen LogP contribution in [0.15, 0.2) is 29.6 Å². The molecule has 0 aliphatic heterocycles. The van der Waals surface area contributed by atoms with Crippen molar-refractivity contribution >= 4 is 47.5 Å². The molecule has 0 atom stereocenters. The summed E-state index contributed by atoms with van der Waals surface area (Å²) in [5.41, 5.74) is 2.99. The van der Waals surface area contributed by atoms with Crippen LogP contribution in [0.3, 0.4) is 0 Å². The number of aryl methyl sites for hydroxylation is 2. The summed E-state index contributed by atoms with van der Waals surface area (Å²) in [6.45, 7) is 0. The molecule has 0 aliphatic carbocycles. The normalized spacial score (nSPS) is 10.3. The van der Waals surface area contributed by atoms with Gasteiger partial charge in [-0.25, -0.2) is 0 Å². The molecular formula is C16H19BN2O2S2. The molecule has 2 rings (SSSR count). The maximum atomic E-state index is 12.2. The average Bonchev–Trinajstić information content (AvgIpc) is 3.01. The molecule has 7 heteroatoms. The van der Waals surface area contributed by atoms with E-state index in [4.69, 9.17) is 10.1 Å². The first-order valence-corrected chi connectivity index (χ1v) is 9.29. The van der Waals surface area contributed by atoms with Crippen molar-refractivity contribution in [3.05, 3.63) is 45.6 Å². The summed E-state index contributed by atoms with van der Waals surface area (Å²) in [6, 6.07) is 7.94. The van der Waals surface area contributed by atoms with Crippen LogP contribution in [-0.4, -0.2) is 32.3 Å². The van der Waals surface area contributed by atoms with Crippen LogP contribution in [0.1, 0.15) is 20.8 Å². The Kier molecular flexibility index (Phi) is 6.30. The van der Waals surface area contributed by atoms with E-state index in [0.29, 0.717) is 5.56 Å². The molecule has 0 fully saturated rings. The standard InChI is InChI=1S/C16H19BN2O2S2/c1-21-13-5-4-11(17)9-10(13)3-6-14-12(7-8-23-14)15(20)19-16(18)22-2/h4-5,7-9H,3,6,17H2,1-2H3,(H2,18,19,20). The fourth-order valence-corrected chi connectivity index (χ4v) is 3.38. The minimum atomic E-state index is -0.211. The van der Waals surface area contributed by atoms with Crippen LogP contribution in [-0.2, 0) is 12.8 Å². The van der Waals surface area contributed by atoms with Gasteiger partial charge in [0.2, 0.25) is 0 Å². The van der Waals surface area contributed by atoms with Gasteiger partial charge in [0.25, 0.3) is 5.91 Å². The number of hydrogen-bond acceptors (Lipinski definition) is 5.